The van der Waals surface area contributed by atoms with Crippen LogP contribution in [0.4, 0.5) is 5.69 Å². The molecule has 0 bridgehead atoms. The van der Waals surface area contributed by atoms with Crippen molar-refractivity contribution in [3.8, 4) is 0 Å². The number of hydrogen-bond donors (Lipinski definition) is 2. The molecule has 0 aromatic heterocycles. The molecular weight excluding hydrogens is 259 g/mol. The number of para-hydroxylation sites is 1. The number of hydrogen-bond acceptors (Lipinski definition) is 2. The van der Waals surface area contributed by atoms with Gasteiger partial charge in [-0.2, -0.15) is 0 Å². The number of carbonyl (C=O) groups excluding carboxylic acids is 1. The number of halogens is 2. The molecule has 17 heavy (non-hydrogen) atoms. The maximum atomic E-state index is 11.7. The highest BCUT2D eigenvalue weighted by Gasteiger charge is 2.13. The van der Waals surface area contributed by atoms with E-state index in [4.69, 9.17) is 23.2 Å². The van der Waals surface area contributed by atoms with Crippen LogP contribution in [0.3, 0.4) is 0 Å². The molecule has 1 aromatic rings. The van der Waals surface area contributed by atoms with Crippen LogP contribution in [-0.2, 0) is 4.79 Å². The molecule has 1 rings (SSSR count). The topological polar surface area (TPSA) is 41.1 Å². The van der Waals surface area contributed by atoms with Crippen LogP contribution in [0.2, 0.25) is 10.0 Å². The van der Waals surface area contributed by atoms with Gasteiger partial charge in [-0.3, -0.25) is 4.79 Å². The van der Waals surface area contributed by atoms with E-state index in [1.165, 1.54) is 0 Å². The third kappa shape index (κ3) is 4.94. The second-order valence-corrected chi connectivity index (χ2v) is 5.56. The Kier molecular flexibility index (Phi) is 4.80. The Bertz CT molecular complexity index is 393. The van der Waals surface area contributed by atoms with Crippen molar-refractivity contribution in [3.05, 3.63) is 28.2 Å². The highest BCUT2D eigenvalue weighted by Crippen LogP contribution is 2.29. The predicted octanol–water partition coefficient (Wildman–Crippen LogP) is 3.32. The van der Waals surface area contributed by atoms with Crippen LogP contribution in [0.1, 0.15) is 20.8 Å². The van der Waals surface area contributed by atoms with Gasteiger partial charge in [0.05, 0.1) is 22.3 Å². The van der Waals surface area contributed by atoms with Crippen molar-refractivity contribution < 1.29 is 4.79 Å². The lowest BCUT2D eigenvalue weighted by molar-refractivity contribution is -0.115. The van der Waals surface area contributed by atoms with E-state index in [0.29, 0.717) is 15.7 Å². The van der Waals surface area contributed by atoms with Crippen LogP contribution in [0.25, 0.3) is 0 Å². The Labute approximate surface area is 111 Å². The summed E-state index contributed by atoms with van der Waals surface area (Å²) in [7, 11) is 0. The zero-order valence-electron chi connectivity index (χ0n) is 10.1. The smallest absolute Gasteiger partial charge is 0.238 e. The van der Waals surface area contributed by atoms with Gasteiger partial charge in [0.25, 0.3) is 0 Å². The minimum absolute atomic E-state index is 0.110. The number of carbonyl (C=O) groups is 1. The molecule has 5 heteroatoms. The molecule has 1 amide bonds. The van der Waals surface area contributed by atoms with E-state index >= 15 is 0 Å². The first kappa shape index (κ1) is 14.3. The summed E-state index contributed by atoms with van der Waals surface area (Å²) in [6, 6.07) is 5.09. The summed E-state index contributed by atoms with van der Waals surface area (Å²) >= 11 is 11.9. The Morgan fingerprint density at radius 1 is 1.24 bits per heavy atom. The molecule has 0 unspecified atom stereocenters. The third-order valence-electron chi connectivity index (χ3n) is 2.01. The molecule has 0 fully saturated rings. The average molecular weight is 275 g/mol. The molecule has 0 atom stereocenters. The van der Waals surface area contributed by atoms with Gasteiger partial charge in [-0.05, 0) is 32.9 Å². The van der Waals surface area contributed by atoms with Gasteiger partial charge in [0.1, 0.15) is 0 Å². The van der Waals surface area contributed by atoms with Crippen LogP contribution in [0.15, 0.2) is 18.2 Å². The molecule has 0 aliphatic carbocycles. The molecule has 2 N–H and O–H groups in total. The summed E-state index contributed by atoms with van der Waals surface area (Å²) in [5.41, 5.74) is 0.346. The minimum atomic E-state index is -0.171. The molecule has 0 radical (unpaired) electrons. The predicted molar refractivity (Wildman–Crippen MR) is 72.8 cm³/mol. The first-order valence-corrected chi connectivity index (χ1v) is 6.04. The van der Waals surface area contributed by atoms with Crippen molar-refractivity contribution in [1.82, 2.24) is 5.32 Å². The first-order chi connectivity index (χ1) is 7.79. The van der Waals surface area contributed by atoms with Crippen LogP contribution in [-0.4, -0.2) is 18.0 Å². The summed E-state index contributed by atoms with van der Waals surface area (Å²) in [5, 5.41) is 6.63. The van der Waals surface area contributed by atoms with Gasteiger partial charge < -0.3 is 10.6 Å². The lowest BCUT2D eigenvalue weighted by Gasteiger charge is -2.20. The first-order valence-electron chi connectivity index (χ1n) is 5.28. The Hall–Kier alpha value is -0.770. The van der Waals surface area contributed by atoms with Crippen molar-refractivity contribution >= 4 is 34.8 Å². The zero-order chi connectivity index (χ0) is 13.1. The molecule has 0 spiro atoms. The number of benzene rings is 1. The van der Waals surface area contributed by atoms with Crippen molar-refractivity contribution in [2.75, 3.05) is 11.9 Å². The monoisotopic (exact) mass is 274 g/mol. The largest absolute Gasteiger partial charge is 0.322 e. The number of rotatable bonds is 3. The molecule has 0 aliphatic rings. The number of amides is 1. The molecular formula is C12H16Cl2N2O. The molecule has 0 heterocycles. The molecule has 3 nitrogen and oxygen atoms in total. The van der Waals surface area contributed by atoms with Gasteiger partial charge in [-0.1, -0.05) is 29.3 Å². The summed E-state index contributed by atoms with van der Waals surface area (Å²) in [4.78, 5) is 11.7. The van der Waals surface area contributed by atoms with Crippen LogP contribution < -0.4 is 10.6 Å². The van der Waals surface area contributed by atoms with Gasteiger partial charge in [0, 0.05) is 5.54 Å². The Morgan fingerprint density at radius 2 is 1.76 bits per heavy atom. The average Bonchev–Trinajstić information content (AvgIpc) is 2.20. The summed E-state index contributed by atoms with van der Waals surface area (Å²) in [6.45, 7) is 6.18. The van der Waals surface area contributed by atoms with Gasteiger partial charge >= 0.3 is 0 Å². The van der Waals surface area contributed by atoms with E-state index in [2.05, 4.69) is 10.6 Å². The standard InChI is InChI=1S/C12H16Cl2N2O/c1-12(2,3)15-7-10(17)16-11-8(13)5-4-6-9(11)14/h4-6,15H,7H2,1-3H3,(H,16,17). The van der Waals surface area contributed by atoms with Crippen molar-refractivity contribution in [1.29, 1.82) is 0 Å². The highest BCUT2D eigenvalue weighted by atomic mass is 35.5. The zero-order valence-corrected chi connectivity index (χ0v) is 11.6. The summed E-state index contributed by atoms with van der Waals surface area (Å²) < 4.78 is 0. The maximum absolute atomic E-state index is 11.7. The molecule has 0 saturated heterocycles. The van der Waals surface area contributed by atoms with Crippen LogP contribution in [0.5, 0.6) is 0 Å². The van der Waals surface area contributed by atoms with Gasteiger partial charge in [-0.25, -0.2) is 0 Å². The van der Waals surface area contributed by atoms with E-state index in [1.54, 1.807) is 18.2 Å². The van der Waals surface area contributed by atoms with E-state index in [1.807, 2.05) is 20.8 Å². The van der Waals surface area contributed by atoms with Gasteiger partial charge in [-0.15, -0.1) is 0 Å². The maximum Gasteiger partial charge on any atom is 0.238 e. The normalized spacial score (nSPS) is 11.4. The van der Waals surface area contributed by atoms with E-state index in [-0.39, 0.29) is 18.0 Å². The van der Waals surface area contributed by atoms with Crippen LogP contribution >= 0.6 is 23.2 Å². The fourth-order valence-corrected chi connectivity index (χ4v) is 1.64. The number of nitrogens with one attached hydrogen (secondary N) is 2. The van der Waals surface area contributed by atoms with E-state index in [9.17, 15) is 4.79 Å². The van der Waals surface area contributed by atoms with Crippen molar-refractivity contribution in [2.24, 2.45) is 0 Å². The minimum Gasteiger partial charge on any atom is -0.322 e. The fourth-order valence-electron chi connectivity index (χ4n) is 1.15. The highest BCUT2D eigenvalue weighted by molar-refractivity contribution is 6.39. The SMILES string of the molecule is CC(C)(C)NCC(=O)Nc1c(Cl)cccc1Cl. The van der Waals surface area contributed by atoms with E-state index < -0.39 is 0 Å². The van der Waals surface area contributed by atoms with Gasteiger partial charge in [0.15, 0.2) is 0 Å². The van der Waals surface area contributed by atoms with Gasteiger partial charge in [0.2, 0.25) is 5.91 Å². The third-order valence-corrected chi connectivity index (χ3v) is 2.64. The van der Waals surface area contributed by atoms with E-state index in [0.717, 1.165) is 0 Å². The van der Waals surface area contributed by atoms with Crippen molar-refractivity contribution in [3.63, 3.8) is 0 Å². The molecule has 0 aliphatic heterocycles. The summed E-state index contributed by atoms with van der Waals surface area (Å²) in [5.74, 6) is -0.171. The van der Waals surface area contributed by atoms with Crippen LogP contribution in [0, 0.1) is 0 Å². The lowest BCUT2D eigenvalue weighted by atomic mass is 10.1. The summed E-state index contributed by atoms with van der Waals surface area (Å²) in [6.07, 6.45) is 0. The molecule has 0 saturated carbocycles. The Balaban J connectivity index is 2.63. The number of anilines is 1. The lowest BCUT2D eigenvalue weighted by Crippen LogP contribution is -2.41. The molecule has 94 valence electrons. The molecule has 1 aromatic carbocycles. The second kappa shape index (κ2) is 5.71. The second-order valence-electron chi connectivity index (χ2n) is 4.75. The van der Waals surface area contributed by atoms with Crippen molar-refractivity contribution in [2.45, 2.75) is 26.3 Å². The fraction of sp³-hybridized carbons (Fsp3) is 0.417. The quantitative estimate of drug-likeness (QED) is 0.888. The Morgan fingerprint density at radius 3 is 2.24 bits per heavy atom.